The van der Waals surface area contributed by atoms with E-state index in [0.717, 1.165) is 19.3 Å². The molecular formula is C10H23O2Sb. The Labute approximate surface area is 98.6 Å². The predicted octanol–water partition coefficient (Wildman–Crippen LogP) is 1.88. The maximum absolute atomic E-state index is 10.2. The molecular weight excluding hydrogens is 274 g/mol. The molecule has 0 saturated heterocycles. The van der Waals surface area contributed by atoms with E-state index in [1.807, 2.05) is 0 Å². The SMILES string of the molecule is CC(C)(C)CCCCCC(=O)O.[SbH3]. The zero-order chi connectivity index (χ0) is 9.61. The first kappa shape index (κ1) is 15.7. The molecule has 0 amide bonds. The zero-order valence-electron chi connectivity index (χ0n) is 9.10. The third kappa shape index (κ3) is 15.1. The fourth-order valence-electron chi connectivity index (χ4n) is 1.11. The van der Waals surface area contributed by atoms with Crippen LogP contribution in [0.3, 0.4) is 0 Å². The molecule has 0 unspecified atom stereocenters. The molecule has 3 heteroatoms. The monoisotopic (exact) mass is 296 g/mol. The Kier molecular flexibility index (Phi) is 9.29. The van der Waals surface area contributed by atoms with Gasteiger partial charge < -0.3 is 5.11 Å². The summed E-state index contributed by atoms with van der Waals surface area (Å²) in [5.74, 6) is -0.675. The van der Waals surface area contributed by atoms with Crippen LogP contribution in [-0.4, -0.2) is 35.5 Å². The van der Waals surface area contributed by atoms with Crippen LogP contribution in [0.1, 0.15) is 52.9 Å². The number of aliphatic carboxylic acids is 1. The third-order valence-corrected chi connectivity index (χ3v) is 1.82. The second kappa shape index (κ2) is 7.67. The molecule has 0 aromatic heterocycles. The Morgan fingerprint density at radius 1 is 1.15 bits per heavy atom. The van der Waals surface area contributed by atoms with E-state index < -0.39 is 5.97 Å². The zero-order valence-corrected chi connectivity index (χ0v) is 13.1. The molecule has 0 heterocycles. The van der Waals surface area contributed by atoms with Crippen molar-refractivity contribution in [3.8, 4) is 0 Å². The van der Waals surface area contributed by atoms with Crippen molar-refractivity contribution in [3.63, 3.8) is 0 Å². The quantitative estimate of drug-likeness (QED) is 0.621. The molecule has 0 aromatic carbocycles. The topological polar surface area (TPSA) is 37.3 Å². The fourth-order valence-corrected chi connectivity index (χ4v) is 1.11. The van der Waals surface area contributed by atoms with Gasteiger partial charge in [0.15, 0.2) is 0 Å². The average Bonchev–Trinajstić information content (AvgIpc) is 1.83. The molecule has 0 aliphatic carbocycles. The number of carbonyl (C=O) groups is 1. The molecule has 0 fully saturated rings. The van der Waals surface area contributed by atoms with Crippen LogP contribution in [0, 0.1) is 5.41 Å². The molecule has 13 heavy (non-hydrogen) atoms. The van der Waals surface area contributed by atoms with E-state index in [4.69, 9.17) is 5.11 Å². The van der Waals surface area contributed by atoms with E-state index in [1.165, 1.54) is 6.42 Å². The van der Waals surface area contributed by atoms with Crippen molar-refractivity contribution in [1.29, 1.82) is 0 Å². The van der Waals surface area contributed by atoms with Crippen molar-refractivity contribution in [2.24, 2.45) is 5.41 Å². The summed E-state index contributed by atoms with van der Waals surface area (Å²) in [4.78, 5) is 10.2. The van der Waals surface area contributed by atoms with Gasteiger partial charge in [0.1, 0.15) is 0 Å². The minimum absolute atomic E-state index is 0. The summed E-state index contributed by atoms with van der Waals surface area (Å²) in [7, 11) is 0. The van der Waals surface area contributed by atoms with Crippen molar-refractivity contribution >= 4 is 30.4 Å². The minimum atomic E-state index is -0.675. The first-order valence-electron chi connectivity index (χ1n) is 4.63. The molecule has 2 nitrogen and oxygen atoms in total. The molecule has 0 aromatic rings. The number of hydrogen-bond acceptors (Lipinski definition) is 1. The summed E-state index contributed by atoms with van der Waals surface area (Å²) in [6.45, 7) is 6.64. The van der Waals surface area contributed by atoms with Gasteiger partial charge in [0.25, 0.3) is 0 Å². The van der Waals surface area contributed by atoms with Crippen molar-refractivity contribution in [2.45, 2.75) is 52.9 Å². The third-order valence-electron chi connectivity index (χ3n) is 1.82. The summed E-state index contributed by atoms with van der Waals surface area (Å²) in [5.41, 5.74) is 0.392. The van der Waals surface area contributed by atoms with Gasteiger partial charge in [0, 0.05) is 6.42 Å². The van der Waals surface area contributed by atoms with Gasteiger partial charge in [0.2, 0.25) is 0 Å². The molecule has 0 saturated carbocycles. The van der Waals surface area contributed by atoms with E-state index in [9.17, 15) is 4.79 Å². The van der Waals surface area contributed by atoms with Crippen LogP contribution in [-0.2, 0) is 4.79 Å². The van der Waals surface area contributed by atoms with E-state index >= 15 is 0 Å². The second-order valence-electron chi connectivity index (χ2n) is 4.52. The Morgan fingerprint density at radius 2 is 1.69 bits per heavy atom. The predicted molar refractivity (Wildman–Crippen MR) is 60.1 cm³/mol. The summed E-state index contributed by atoms with van der Waals surface area (Å²) >= 11 is 0. The van der Waals surface area contributed by atoms with Gasteiger partial charge in [-0.3, -0.25) is 4.79 Å². The Bertz CT molecular complexity index is 138. The average molecular weight is 297 g/mol. The molecule has 0 rings (SSSR count). The van der Waals surface area contributed by atoms with Gasteiger partial charge >= 0.3 is 30.4 Å². The number of carboxylic acid groups (broad SMARTS) is 1. The Morgan fingerprint density at radius 3 is 2.08 bits per heavy atom. The van der Waals surface area contributed by atoms with Crippen LogP contribution >= 0.6 is 0 Å². The van der Waals surface area contributed by atoms with Gasteiger partial charge in [-0.2, -0.15) is 0 Å². The van der Waals surface area contributed by atoms with E-state index in [0.29, 0.717) is 11.8 Å². The Hall–Kier alpha value is 0.288. The molecule has 0 spiro atoms. The number of unbranched alkanes of at least 4 members (excludes halogenated alkanes) is 2. The summed E-state index contributed by atoms with van der Waals surface area (Å²) in [6.07, 6.45) is 4.53. The van der Waals surface area contributed by atoms with Gasteiger partial charge in [-0.15, -0.1) is 0 Å². The summed E-state index contributed by atoms with van der Waals surface area (Å²) < 4.78 is 0. The Balaban J connectivity index is 0. The van der Waals surface area contributed by atoms with Crippen LogP contribution < -0.4 is 0 Å². The van der Waals surface area contributed by atoms with Crippen LogP contribution in [0.15, 0.2) is 0 Å². The van der Waals surface area contributed by atoms with Gasteiger partial charge in [-0.05, 0) is 18.3 Å². The van der Waals surface area contributed by atoms with E-state index in [-0.39, 0.29) is 24.4 Å². The standard InChI is InChI=1S/C10H20O2.Sb.3H/c1-10(2,3)8-6-4-5-7-9(11)12;;;;/h4-8H2,1-3H3,(H,11,12);;;;. The molecule has 0 atom stereocenters. The molecule has 0 aliphatic heterocycles. The number of hydrogen-bond donors (Lipinski definition) is 1. The van der Waals surface area contributed by atoms with Crippen molar-refractivity contribution in [1.82, 2.24) is 0 Å². The van der Waals surface area contributed by atoms with Crippen LogP contribution in [0.2, 0.25) is 0 Å². The normalized spacial score (nSPS) is 10.7. The molecule has 80 valence electrons. The van der Waals surface area contributed by atoms with Gasteiger partial charge in [-0.1, -0.05) is 33.6 Å². The molecule has 0 radical (unpaired) electrons. The molecule has 0 aliphatic rings. The van der Waals surface area contributed by atoms with Crippen molar-refractivity contribution < 1.29 is 9.90 Å². The van der Waals surface area contributed by atoms with E-state index in [1.54, 1.807) is 0 Å². The van der Waals surface area contributed by atoms with Crippen LogP contribution in [0.25, 0.3) is 0 Å². The summed E-state index contributed by atoms with van der Waals surface area (Å²) in [6, 6.07) is 0. The van der Waals surface area contributed by atoms with E-state index in [2.05, 4.69) is 20.8 Å². The maximum atomic E-state index is 10.2. The summed E-state index contributed by atoms with van der Waals surface area (Å²) in [5, 5.41) is 8.37. The first-order chi connectivity index (χ1) is 5.42. The molecule has 1 N–H and O–H groups in total. The molecule has 0 bridgehead atoms. The van der Waals surface area contributed by atoms with Crippen LogP contribution in [0.4, 0.5) is 0 Å². The van der Waals surface area contributed by atoms with Crippen LogP contribution in [0.5, 0.6) is 0 Å². The fraction of sp³-hybridized carbons (Fsp3) is 0.900. The first-order valence-corrected chi connectivity index (χ1v) is 4.63. The van der Waals surface area contributed by atoms with Crippen molar-refractivity contribution in [2.75, 3.05) is 0 Å². The van der Waals surface area contributed by atoms with Gasteiger partial charge in [-0.25, -0.2) is 0 Å². The number of carboxylic acids is 1. The second-order valence-corrected chi connectivity index (χ2v) is 4.52. The van der Waals surface area contributed by atoms with Gasteiger partial charge in [0.05, 0.1) is 0 Å². The van der Waals surface area contributed by atoms with Crippen molar-refractivity contribution in [3.05, 3.63) is 0 Å². The number of rotatable bonds is 5.